The number of allylic oxidation sites excluding steroid dienone is 1. The molecule has 1 unspecified atom stereocenters. The number of benzene rings is 1. The molecular formula is C13H15F3N2. The molecule has 0 bridgehead atoms. The topological polar surface area (TPSA) is 38.0 Å². The lowest BCUT2D eigenvalue weighted by atomic mass is 9.90. The van der Waals surface area contributed by atoms with Crippen molar-refractivity contribution in [1.82, 2.24) is 5.43 Å². The molecule has 3 N–H and O–H groups in total. The Bertz CT molecular complexity index is 472. The van der Waals surface area contributed by atoms with Crippen molar-refractivity contribution in [2.75, 3.05) is 0 Å². The van der Waals surface area contributed by atoms with Crippen LogP contribution in [0.2, 0.25) is 0 Å². The molecule has 0 spiro atoms. The fraction of sp³-hybridized carbons (Fsp3) is 0.385. The van der Waals surface area contributed by atoms with Crippen LogP contribution in [0.1, 0.15) is 37.3 Å². The third-order valence-electron chi connectivity index (χ3n) is 3.24. The molecule has 18 heavy (non-hydrogen) atoms. The predicted molar refractivity (Wildman–Crippen MR) is 62.9 cm³/mol. The zero-order valence-electron chi connectivity index (χ0n) is 9.85. The minimum Gasteiger partial charge on any atom is -0.271 e. The Morgan fingerprint density at radius 2 is 1.89 bits per heavy atom. The Kier molecular flexibility index (Phi) is 4.04. The van der Waals surface area contributed by atoms with Gasteiger partial charge in [0.1, 0.15) is 0 Å². The predicted octanol–water partition coefficient (Wildman–Crippen LogP) is 3.11. The van der Waals surface area contributed by atoms with Crippen LogP contribution in [0.3, 0.4) is 0 Å². The second-order valence-electron chi connectivity index (χ2n) is 4.39. The monoisotopic (exact) mass is 256 g/mol. The maximum absolute atomic E-state index is 13.7. The van der Waals surface area contributed by atoms with Gasteiger partial charge in [-0.25, -0.2) is 18.6 Å². The molecule has 0 aromatic heterocycles. The molecule has 1 aliphatic carbocycles. The van der Waals surface area contributed by atoms with Crippen LogP contribution in [0.25, 0.3) is 0 Å². The van der Waals surface area contributed by atoms with E-state index >= 15 is 0 Å². The second-order valence-corrected chi connectivity index (χ2v) is 4.39. The van der Waals surface area contributed by atoms with Crippen molar-refractivity contribution < 1.29 is 13.2 Å². The highest BCUT2D eigenvalue weighted by molar-refractivity contribution is 5.31. The minimum atomic E-state index is -1.45. The highest BCUT2D eigenvalue weighted by Gasteiger charge is 2.23. The Morgan fingerprint density at radius 3 is 2.50 bits per heavy atom. The largest absolute Gasteiger partial charge is 0.271 e. The number of rotatable bonds is 3. The zero-order chi connectivity index (χ0) is 13.1. The molecule has 1 aromatic rings. The van der Waals surface area contributed by atoms with Gasteiger partial charge in [0.25, 0.3) is 0 Å². The summed E-state index contributed by atoms with van der Waals surface area (Å²) in [6.45, 7) is 0. The first-order valence-electron chi connectivity index (χ1n) is 5.93. The van der Waals surface area contributed by atoms with E-state index in [0.717, 1.165) is 37.3 Å². The lowest BCUT2D eigenvalue weighted by Gasteiger charge is -2.23. The molecular weight excluding hydrogens is 241 g/mol. The summed E-state index contributed by atoms with van der Waals surface area (Å²) >= 11 is 0. The van der Waals surface area contributed by atoms with Gasteiger partial charge in [0.2, 0.25) is 0 Å². The van der Waals surface area contributed by atoms with E-state index in [1.54, 1.807) is 0 Å². The maximum atomic E-state index is 13.7. The standard InChI is InChI=1S/C13H15F3N2/c14-10-7-6-9(11(15)12(10)16)13(18-17)8-4-2-1-3-5-8/h4,6-7,13,18H,1-3,5,17H2. The Labute approximate surface area is 104 Å². The minimum absolute atomic E-state index is 0.0459. The van der Waals surface area contributed by atoms with E-state index in [0.29, 0.717) is 0 Å². The zero-order valence-corrected chi connectivity index (χ0v) is 9.85. The molecule has 0 heterocycles. The van der Waals surface area contributed by atoms with Crippen LogP contribution in [0.4, 0.5) is 13.2 Å². The Morgan fingerprint density at radius 1 is 1.11 bits per heavy atom. The summed E-state index contributed by atoms with van der Waals surface area (Å²) in [7, 11) is 0. The first kappa shape index (κ1) is 13.1. The van der Waals surface area contributed by atoms with Gasteiger partial charge in [0.05, 0.1) is 6.04 Å². The van der Waals surface area contributed by atoms with Crippen molar-refractivity contribution in [3.05, 3.63) is 46.8 Å². The van der Waals surface area contributed by atoms with Gasteiger partial charge in [-0.05, 0) is 31.7 Å². The lowest BCUT2D eigenvalue weighted by Crippen LogP contribution is -2.31. The number of hydrazine groups is 1. The first-order chi connectivity index (χ1) is 8.65. The van der Waals surface area contributed by atoms with Gasteiger partial charge < -0.3 is 0 Å². The third kappa shape index (κ3) is 2.42. The van der Waals surface area contributed by atoms with Crippen LogP contribution in [-0.2, 0) is 0 Å². The Balaban J connectivity index is 2.39. The van der Waals surface area contributed by atoms with Crippen molar-refractivity contribution in [2.24, 2.45) is 5.84 Å². The van der Waals surface area contributed by atoms with E-state index in [-0.39, 0.29) is 5.56 Å². The molecule has 0 radical (unpaired) electrons. The summed E-state index contributed by atoms with van der Waals surface area (Å²) in [4.78, 5) is 0. The fourth-order valence-electron chi connectivity index (χ4n) is 2.29. The highest BCUT2D eigenvalue weighted by Crippen LogP contribution is 2.31. The van der Waals surface area contributed by atoms with E-state index in [4.69, 9.17) is 5.84 Å². The molecule has 0 fully saturated rings. The van der Waals surface area contributed by atoms with Crippen molar-refractivity contribution in [3.8, 4) is 0 Å². The number of halogens is 3. The fourth-order valence-corrected chi connectivity index (χ4v) is 2.29. The van der Waals surface area contributed by atoms with Crippen molar-refractivity contribution in [3.63, 3.8) is 0 Å². The molecule has 1 atom stereocenters. The summed E-state index contributed by atoms with van der Waals surface area (Å²) in [5, 5.41) is 0. The summed E-state index contributed by atoms with van der Waals surface area (Å²) in [5.41, 5.74) is 3.45. The van der Waals surface area contributed by atoms with Crippen LogP contribution in [0, 0.1) is 17.5 Å². The van der Waals surface area contributed by atoms with Gasteiger partial charge in [-0.2, -0.15) is 0 Å². The molecule has 0 saturated carbocycles. The summed E-state index contributed by atoms with van der Waals surface area (Å²) < 4.78 is 39.8. The van der Waals surface area contributed by atoms with Crippen LogP contribution in [0.15, 0.2) is 23.8 Å². The average Bonchev–Trinajstić information content (AvgIpc) is 2.41. The van der Waals surface area contributed by atoms with E-state index in [1.807, 2.05) is 6.08 Å². The molecule has 1 aliphatic rings. The average molecular weight is 256 g/mol. The summed E-state index contributed by atoms with van der Waals surface area (Å²) in [6, 6.07) is 1.55. The van der Waals surface area contributed by atoms with Gasteiger partial charge in [-0.1, -0.05) is 17.7 Å². The molecule has 98 valence electrons. The van der Waals surface area contributed by atoms with Gasteiger partial charge in [-0.3, -0.25) is 5.84 Å². The molecule has 2 rings (SSSR count). The Hall–Kier alpha value is -1.33. The van der Waals surface area contributed by atoms with Crippen LogP contribution in [0.5, 0.6) is 0 Å². The quantitative estimate of drug-likeness (QED) is 0.377. The molecule has 0 aliphatic heterocycles. The summed E-state index contributed by atoms with van der Waals surface area (Å²) in [6.07, 6.45) is 5.75. The number of nitrogens with one attached hydrogen (secondary N) is 1. The van der Waals surface area contributed by atoms with Gasteiger partial charge in [0.15, 0.2) is 17.5 Å². The van der Waals surface area contributed by atoms with Crippen LogP contribution in [-0.4, -0.2) is 0 Å². The molecule has 1 aromatic carbocycles. The maximum Gasteiger partial charge on any atom is 0.194 e. The smallest absolute Gasteiger partial charge is 0.194 e. The van der Waals surface area contributed by atoms with E-state index in [2.05, 4.69) is 5.43 Å². The van der Waals surface area contributed by atoms with Crippen LogP contribution >= 0.6 is 0 Å². The van der Waals surface area contributed by atoms with Crippen LogP contribution < -0.4 is 11.3 Å². The first-order valence-corrected chi connectivity index (χ1v) is 5.93. The third-order valence-corrected chi connectivity index (χ3v) is 3.24. The normalized spacial score (nSPS) is 17.4. The molecule has 0 amide bonds. The van der Waals surface area contributed by atoms with Gasteiger partial charge in [0, 0.05) is 5.56 Å². The molecule has 0 saturated heterocycles. The van der Waals surface area contributed by atoms with Crippen molar-refractivity contribution >= 4 is 0 Å². The second kappa shape index (κ2) is 5.54. The SMILES string of the molecule is NNC(C1=CCCCC1)c1ccc(F)c(F)c1F. The molecule has 2 nitrogen and oxygen atoms in total. The van der Waals surface area contributed by atoms with Crippen molar-refractivity contribution in [1.29, 1.82) is 0 Å². The summed E-state index contributed by atoms with van der Waals surface area (Å²) in [5.74, 6) is 1.60. The number of hydrogen-bond donors (Lipinski definition) is 2. The van der Waals surface area contributed by atoms with Crippen molar-refractivity contribution in [2.45, 2.75) is 31.7 Å². The van der Waals surface area contributed by atoms with E-state index < -0.39 is 23.5 Å². The highest BCUT2D eigenvalue weighted by atomic mass is 19.2. The van der Waals surface area contributed by atoms with E-state index in [9.17, 15) is 13.2 Å². The molecule has 5 heteroatoms. The van der Waals surface area contributed by atoms with Gasteiger partial charge >= 0.3 is 0 Å². The lowest BCUT2D eigenvalue weighted by molar-refractivity contribution is 0.430. The number of nitrogens with two attached hydrogens (primary N) is 1. The number of hydrogen-bond acceptors (Lipinski definition) is 2. The van der Waals surface area contributed by atoms with E-state index in [1.165, 1.54) is 6.07 Å². The van der Waals surface area contributed by atoms with Gasteiger partial charge in [-0.15, -0.1) is 0 Å².